The summed E-state index contributed by atoms with van der Waals surface area (Å²) in [6.45, 7) is 3.48. The van der Waals surface area contributed by atoms with Crippen molar-refractivity contribution in [2.24, 2.45) is 0 Å². The van der Waals surface area contributed by atoms with Gasteiger partial charge in [0.1, 0.15) is 0 Å². The first-order valence-corrected chi connectivity index (χ1v) is 7.02. The van der Waals surface area contributed by atoms with Gasteiger partial charge in [0.05, 0.1) is 24.6 Å². The lowest BCUT2D eigenvalue weighted by molar-refractivity contribution is -0.118. The Labute approximate surface area is 124 Å². The van der Waals surface area contributed by atoms with Crippen LogP contribution in [-0.2, 0) is 14.3 Å². The zero-order valence-corrected chi connectivity index (χ0v) is 12.4. The van der Waals surface area contributed by atoms with Gasteiger partial charge in [0.25, 0.3) is 0 Å². The predicted molar refractivity (Wildman–Crippen MR) is 81.4 cm³/mol. The Balaban J connectivity index is 2.01. The van der Waals surface area contributed by atoms with Gasteiger partial charge in [0, 0.05) is 33.0 Å². The molecule has 1 aliphatic heterocycles. The van der Waals surface area contributed by atoms with Crippen LogP contribution in [0.5, 0.6) is 0 Å². The second kappa shape index (κ2) is 7.19. The maximum Gasteiger partial charge on any atom is 0.226 e. The molecule has 6 nitrogen and oxygen atoms in total. The Hall–Kier alpha value is -1.92. The molecule has 1 unspecified atom stereocenters. The van der Waals surface area contributed by atoms with Crippen LogP contribution < -0.4 is 15.5 Å². The molecule has 1 atom stereocenters. The van der Waals surface area contributed by atoms with Gasteiger partial charge in [0.15, 0.2) is 0 Å². The van der Waals surface area contributed by atoms with E-state index < -0.39 is 0 Å². The summed E-state index contributed by atoms with van der Waals surface area (Å²) in [5, 5.41) is 6.11. The summed E-state index contributed by atoms with van der Waals surface area (Å²) in [5.74, 6) is -0.179. The van der Waals surface area contributed by atoms with Crippen molar-refractivity contribution in [3.63, 3.8) is 0 Å². The summed E-state index contributed by atoms with van der Waals surface area (Å²) in [4.78, 5) is 25.1. The third-order valence-electron chi connectivity index (χ3n) is 3.44. The number of anilines is 2. The van der Waals surface area contributed by atoms with Gasteiger partial charge in [-0.05, 0) is 12.1 Å². The summed E-state index contributed by atoms with van der Waals surface area (Å²) < 4.78 is 5.33. The number of benzene rings is 1. The van der Waals surface area contributed by atoms with Crippen molar-refractivity contribution >= 4 is 23.2 Å². The van der Waals surface area contributed by atoms with E-state index in [2.05, 4.69) is 10.6 Å². The maximum atomic E-state index is 12.1. The summed E-state index contributed by atoms with van der Waals surface area (Å²) >= 11 is 0. The molecular weight excluding hydrogens is 270 g/mol. The molecule has 2 rings (SSSR count). The fourth-order valence-corrected chi connectivity index (χ4v) is 2.22. The molecule has 21 heavy (non-hydrogen) atoms. The number of hydrogen-bond donors (Lipinski definition) is 2. The third kappa shape index (κ3) is 4.27. The Morgan fingerprint density at radius 3 is 2.86 bits per heavy atom. The van der Waals surface area contributed by atoms with Crippen LogP contribution in [0.4, 0.5) is 11.4 Å². The minimum atomic E-state index is -0.0950. The molecule has 0 spiro atoms. The number of para-hydroxylation sites is 2. The smallest absolute Gasteiger partial charge is 0.226 e. The normalized spacial score (nSPS) is 18.1. The quantitative estimate of drug-likeness (QED) is 0.868. The van der Waals surface area contributed by atoms with Crippen molar-refractivity contribution in [3.8, 4) is 0 Å². The molecule has 114 valence electrons. The van der Waals surface area contributed by atoms with E-state index in [-0.39, 0.29) is 17.9 Å². The van der Waals surface area contributed by atoms with Crippen molar-refractivity contribution in [2.75, 3.05) is 37.0 Å². The summed E-state index contributed by atoms with van der Waals surface area (Å²) in [7, 11) is 1.68. The molecule has 0 radical (unpaired) electrons. The topological polar surface area (TPSA) is 70.7 Å². The molecule has 2 amide bonds. The van der Waals surface area contributed by atoms with Crippen molar-refractivity contribution < 1.29 is 14.3 Å². The van der Waals surface area contributed by atoms with E-state index >= 15 is 0 Å². The van der Waals surface area contributed by atoms with Gasteiger partial charge >= 0.3 is 0 Å². The molecule has 1 saturated heterocycles. The van der Waals surface area contributed by atoms with Gasteiger partial charge in [-0.15, -0.1) is 0 Å². The summed E-state index contributed by atoms with van der Waals surface area (Å²) in [6, 6.07) is 7.29. The lowest BCUT2D eigenvalue weighted by atomic mass is 10.1. The summed E-state index contributed by atoms with van der Waals surface area (Å²) in [5.41, 5.74) is 1.32. The van der Waals surface area contributed by atoms with Crippen LogP contribution in [0.15, 0.2) is 24.3 Å². The van der Waals surface area contributed by atoms with Crippen LogP contribution >= 0.6 is 0 Å². The molecule has 1 fully saturated rings. The Morgan fingerprint density at radius 1 is 1.43 bits per heavy atom. The van der Waals surface area contributed by atoms with E-state index in [9.17, 15) is 9.59 Å². The molecular formula is C15H21N3O3. The first-order chi connectivity index (χ1) is 10.1. The highest BCUT2D eigenvalue weighted by Gasteiger charge is 2.18. The molecule has 1 heterocycles. The van der Waals surface area contributed by atoms with Crippen LogP contribution in [-0.4, -0.2) is 44.7 Å². The van der Waals surface area contributed by atoms with E-state index in [1.54, 1.807) is 19.2 Å². The fourth-order valence-electron chi connectivity index (χ4n) is 2.22. The summed E-state index contributed by atoms with van der Waals surface area (Å²) in [6.07, 6.45) is 0.345. The first-order valence-electron chi connectivity index (χ1n) is 7.02. The number of hydrogen-bond acceptors (Lipinski definition) is 4. The van der Waals surface area contributed by atoms with Crippen molar-refractivity contribution in [3.05, 3.63) is 24.3 Å². The first kappa shape index (κ1) is 15.5. The van der Waals surface area contributed by atoms with E-state index in [0.717, 1.165) is 6.54 Å². The van der Waals surface area contributed by atoms with Gasteiger partial charge in [-0.1, -0.05) is 12.1 Å². The maximum absolute atomic E-state index is 12.1. The highest BCUT2D eigenvalue weighted by atomic mass is 16.5. The number of nitrogens with zero attached hydrogens (tertiary/aromatic N) is 1. The second-order valence-corrected chi connectivity index (χ2v) is 5.07. The monoisotopic (exact) mass is 291 g/mol. The Bertz CT molecular complexity index is 513. The Kier molecular flexibility index (Phi) is 5.30. The molecule has 0 bridgehead atoms. The second-order valence-electron chi connectivity index (χ2n) is 5.07. The van der Waals surface area contributed by atoms with E-state index in [1.807, 2.05) is 12.1 Å². The van der Waals surface area contributed by atoms with Crippen LogP contribution in [0.2, 0.25) is 0 Å². The molecule has 2 N–H and O–H groups in total. The number of carbonyl (C=O) groups excluding carboxylic acids is 2. The van der Waals surface area contributed by atoms with E-state index in [1.165, 1.54) is 11.8 Å². The number of amides is 2. The predicted octanol–water partition coefficient (Wildman–Crippen LogP) is 0.986. The number of ether oxygens (including phenoxy) is 1. The number of morpholine rings is 1. The molecule has 1 aliphatic rings. The zero-order chi connectivity index (χ0) is 15.2. The lowest BCUT2D eigenvalue weighted by Crippen LogP contribution is -2.43. The molecule has 1 aromatic rings. The highest BCUT2D eigenvalue weighted by Crippen LogP contribution is 2.24. The average molecular weight is 291 g/mol. The molecule has 0 saturated carbocycles. The van der Waals surface area contributed by atoms with Gasteiger partial charge in [0.2, 0.25) is 11.8 Å². The molecule has 0 aromatic heterocycles. The third-order valence-corrected chi connectivity index (χ3v) is 3.44. The fraction of sp³-hybridized carbons (Fsp3) is 0.467. The Morgan fingerprint density at radius 2 is 2.19 bits per heavy atom. The van der Waals surface area contributed by atoms with Gasteiger partial charge < -0.3 is 20.3 Å². The highest BCUT2D eigenvalue weighted by molar-refractivity contribution is 6.00. The average Bonchev–Trinajstić information content (AvgIpc) is 2.48. The van der Waals surface area contributed by atoms with E-state index in [4.69, 9.17) is 4.74 Å². The zero-order valence-electron chi connectivity index (χ0n) is 12.4. The minimum absolute atomic E-state index is 0.0384. The molecule has 0 aliphatic carbocycles. The van der Waals surface area contributed by atoms with Gasteiger partial charge in [-0.2, -0.15) is 0 Å². The van der Waals surface area contributed by atoms with Crippen LogP contribution in [0.25, 0.3) is 0 Å². The standard InChI is InChI=1S/C15H21N3O3/c1-11(19)18(2)14-6-4-3-5-13(14)17-15(20)9-12-10-21-8-7-16-12/h3-6,12,16H,7-10H2,1-2H3,(H,17,20). The number of carbonyl (C=O) groups is 2. The van der Waals surface area contributed by atoms with E-state index in [0.29, 0.717) is 31.0 Å². The largest absolute Gasteiger partial charge is 0.378 e. The van der Waals surface area contributed by atoms with Gasteiger partial charge in [-0.3, -0.25) is 9.59 Å². The SMILES string of the molecule is CC(=O)N(C)c1ccccc1NC(=O)CC1COCCN1. The van der Waals surface area contributed by atoms with Crippen molar-refractivity contribution in [2.45, 2.75) is 19.4 Å². The minimum Gasteiger partial charge on any atom is -0.378 e. The molecule has 6 heteroatoms. The van der Waals surface area contributed by atoms with Crippen LogP contribution in [0.3, 0.4) is 0 Å². The van der Waals surface area contributed by atoms with Crippen molar-refractivity contribution in [1.82, 2.24) is 5.32 Å². The molecule has 1 aromatic carbocycles. The number of nitrogens with one attached hydrogen (secondary N) is 2. The van der Waals surface area contributed by atoms with Crippen LogP contribution in [0, 0.1) is 0 Å². The number of rotatable bonds is 4. The lowest BCUT2D eigenvalue weighted by Gasteiger charge is -2.24. The van der Waals surface area contributed by atoms with Gasteiger partial charge in [-0.25, -0.2) is 0 Å². The van der Waals surface area contributed by atoms with Crippen molar-refractivity contribution in [1.29, 1.82) is 0 Å². The van der Waals surface area contributed by atoms with Crippen LogP contribution in [0.1, 0.15) is 13.3 Å².